The van der Waals surface area contributed by atoms with Crippen molar-refractivity contribution in [3.63, 3.8) is 0 Å². The van der Waals surface area contributed by atoms with Crippen LogP contribution in [0, 0.1) is 0 Å². The number of nitrogens with zero attached hydrogens (tertiary/aromatic N) is 1. The van der Waals surface area contributed by atoms with Crippen molar-refractivity contribution in [2.75, 3.05) is 0 Å². The van der Waals surface area contributed by atoms with Crippen LogP contribution in [0.4, 0.5) is 0 Å². The average molecular weight is 218 g/mol. The maximum atomic E-state index is 5.74. The SMILES string of the molecule is ClCc1cc2cnc3ccccc3c2o1. The van der Waals surface area contributed by atoms with Crippen LogP contribution in [0.2, 0.25) is 0 Å². The third-order valence-electron chi connectivity index (χ3n) is 2.43. The fraction of sp³-hybridized carbons (Fsp3) is 0.0833. The number of rotatable bonds is 1. The highest BCUT2D eigenvalue weighted by Crippen LogP contribution is 2.26. The molecular formula is C12H8ClNO. The van der Waals surface area contributed by atoms with Gasteiger partial charge in [-0.15, -0.1) is 11.6 Å². The van der Waals surface area contributed by atoms with Crippen molar-refractivity contribution in [1.29, 1.82) is 0 Å². The Hall–Kier alpha value is -1.54. The molecule has 3 heteroatoms. The summed E-state index contributed by atoms with van der Waals surface area (Å²) >= 11 is 5.74. The number of hydrogen-bond donors (Lipinski definition) is 0. The zero-order chi connectivity index (χ0) is 10.3. The molecule has 74 valence electrons. The van der Waals surface area contributed by atoms with Crippen molar-refractivity contribution in [1.82, 2.24) is 4.98 Å². The number of benzene rings is 1. The van der Waals surface area contributed by atoms with E-state index in [0.29, 0.717) is 5.88 Å². The Balaban J connectivity index is 2.47. The standard InChI is InChI=1S/C12H8ClNO/c13-6-9-5-8-7-14-11-4-2-1-3-10(11)12(8)15-9/h1-5,7H,6H2. The van der Waals surface area contributed by atoms with Crippen LogP contribution >= 0.6 is 11.6 Å². The van der Waals surface area contributed by atoms with E-state index in [4.69, 9.17) is 16.0 Å². The molecule has 2 nitrogen and oxygen atoms in total. The van der Waals surface area contributed by atoms with Crippen molar-refractivity contribution in [3.8, 4) is 0 Å². The van der Waals surface area contributed by atoms with Gasteiger partial charge in [0.15, 0.2) is 0 Å². The van der Waals surface area contributed by atoms with Crippen LogP contribution in [-0.2, 0) is 5.88 Å². The van der Waals surface area contributed by atoms with Gasteiger partial charge in [-0.3, -0.25) is 4.98 Å². The summed E-state index contributed by atoms with van der Waals surface area (Å²) in [5, 5.41) is 2.04. The normalized spacial score (nSPS) is 11.3. The van der Waals surface area contributed by atoms with Crippen LogP contribution in [0.15, 0.2) is 40.9 Å². The number of para-hydroxylation sites is 1. The van der Waals surface area contributed by atoms with E-state index in [1.807, 2.05) is 36.5 Å². The molecule has 0 aliphatic heterocycles. The molecule has 0 saturated carbocycles. The van der Waals surface area contributed by atoms with Gasteiger partial charge in [0.25, 0.3) is 0 Å². The van der Waals surface area contributed by atoms with Crippen molar-refractivity contribution in [2.24, 2.45) is 0 Å². The number of alkyl halides is 1. The van der Waals surface area contributed by atoms with Gasteiger partial charge in [0.1, 0.15) is 11.3 Å². The van der Waals surface area contributed by atoms with Gasteiger partial charge in [0.2, 0.25) is 0 Å². The maximum absolute atomic E-state index is 5.74. The van der Waals surface area contributed by atoms with Crippen LogP contribution in [0.1, 0.15) is 5.76 Å². The van der Waals surface area contributed by atoms with Gasteiger partial charge in [0, 0.05) is 17.0 Å². The number of hydrogen-bond acceptors (Lipinski definition) is 2. The van der Waals surface area contributed by atoms with Crippen LogP contribution in [0.3, 0.4) is 0 Å². The van der Waals surface area contributed by atoms with E-state index in [0.717, 1.165) is 27.6 Å². The molecule has 2 aromatic heterocycles. The van der Waals surface area contributed by atoms with Crippen molar-refractivity contribution >= 4 is 33.5 Å². The molecule has 0 unspecified atom stereocenters. The van der Waals surface area contributed by atoms with Crippen molar-refractivity contribution in [2.45, 2.75) is 5.88 Å². The quantitative estimate of drug-likeness (QED) is 0.581. The first-order chi connectivity index (χ1) is 7.38. The Morgan fingerprint density at radius 3 is 3.00 bits per heavy atom. The predicted octanol–water partition coefficient (Wildman–Crippen LogP) is 3.72. The molecule has 0 bridgehead atoms. The molecule has 3 rings (SSSR count). The van der Waals surface area contributed by atoms with Crippen molar-refractivity contribution in [3.05, 3.63) is 42.3 Å². The molecule has 0 fully saturated rings. The molecule has 0 radical (unpaired) electrons. The zero-order valence-corrected chi connectivity index (χ0v) is 8.66. The highest BCUT2D eigenvalue weighted by Gasteiger charge is 2.06. The van der Waals surface area contributed by atoms with Crippen LogP contribution in [-0.4, -0.2) is 4.98 Å². The Bertz CT molecular complexity index is 630. The molecule has 0 atom stereocenters. The molecule has 2 heterocycles. The van der Waals surface area contributed by atoms with E-state index >= 15 is 0 Å². The maximum Gasteiger partial charge on any atom is 0.145 e. The van der Waals surface area contributed by atoms with E-state index in [9.17, 15) is 0 Å². The summed E-state index contributed by atoms with van der Waals surface area (Å²) in [6.07, 6.45) is 1.82. The molecule has 0 aliphatic rings. The summed E-state index contributed by atoms with van der Waals surface area (Å²) in [6, 6.07) is 9.85. The van der Waals surface area contributed by atoms with E-state index in [1.165, 1.54) is 0 Å². The smallest absolute Gasteiger partial charge is 0.145 e. The third-order valence-corrected chi connectivity index (χ3v) is 2.70. The number of aromatic nitrogens is 1. The first-order valence-electron chi connectivity index (χ1n) is 4.70. The fourth-order valence-corrected chi connectivity index (χ4v) is 1.88. The molecule has 15 heavy (non-hydrogen) atoms. The summed E-state index contributed by atoms with van der Waals surface area (Å²) in [4.78, 5) is 4.35. The van der Waals surface area contributed by atoms with E-state index < -0.39 is 0 Å². The Morgan fingerprint density at radius 2 is 2.13 bits per heavy atom. The summed E-state index contributed by atoms with van der Waals surface area (Å²) in [5.41, 5.74) is 1.82. The van der Waals surface area contributed by atoms with Gasteiger partial charge < -0.3 is 4.42 Å². The molecule has 3 aromatic rings. The minimum atomic E-state index is 0.392. The predicted molar refractivity (Wildman–Crippen MR) is 61.1 cm³/mol. The number of halogens is 1. The largest absolute Gasteiger partial charge is 0.459 e. The Labute approximate surface area is 91.5 Å². The minimum absolute atomic E-state index is 0.392. The zero-order valence-electron chi connectivity index (χ0n) is 7.90. The lowest BCUT2D eigenvalue weighted by molar-refractivity contribution is 0.575. The number of furan rings is 1. The second-order valence-electron chi connectivity index (χ2n) is 3.41. The lowest BCUT2D eigenvalue weighted by Gasteiger charge is -1.95. The second kappa shape index (κ2) is 3.24. The second-order valence-corrected chi connectivity index (χ2v) is 3.67. The fourth-order valence-electron chi connectivity index (χ4n) is 1.75. The van der Waals surface area contributed by atoms with Gasteiger partial charge in [-0.1, -0.05) is 12.1 Å². The van der Waals surface area contributed by atoms with Crippen LogP contribution in [0.5, 0.6) is 0 Å². The lowest BCUT2D eigenvalue weighted by atomic mass is 10.2. The monoisotopic (exact) mass is 217 g/mol. The average Bonchev–Trinajstić information content (AvgIpc) is 2.72. The molecule has 1 aromatic carbocycles. The summed E-state index contributed by atoms with van der Waals surface area (Å²) in [5.74, 6) is 1.17. The van der Waals surface area contributed by atoms with Crippen molar-refractivity contribution < 1.29 is 4.42 Å². The van der Waals surface area contributed by atoms with Gasteiger partial charge in [-0.2, -0.15) is 0 Å². The minimum Gasteiger partial charge on any atom is -0.459 e. The Morgan fingerprint density at radius 1 is 1.27 bits per heavy atom. The summed E-state index contributed by atoms with van der Waals surface area (Å²) in [6.45, 7) is 0. The summed E-state index contributed by atoms with van der Waals surface area (Å²) in [7, 11) is 0. The molecule has 0 spiro atoms. The molecule has 0 N–H and O–H groups in total. The van der Waals surface area contributed by atoms with Gasteiger partial charge in [-0.25, -0.2) is 0 Å². The highest BCUT2D eigenvalue weighted by atomic mass is 35.5. The molecule has 0 saturated heterocycles. The van der Waals surface area contributed by atoms with Gasteiger partial charge in [-0.05, 0) is 18.2 Å². The number of fused-ring (bicyclic) bond motifs is 3. The summed E-state index contributed by atoms with van der Waals surface area (Å²) < 4.78 is 5.66. The number of pyridine rings is 1. The first-order valence-corrected chi connectivity index (χ1v) is 5.24. The van der Waals surface area contributed by atoms with E-state index in [2.05, 4.69) is 4.98 Å². The van der Waals surface area contributed by atoms with Gasteiger partial charge >= 0.3 is 0 Å². The topological polar surface area (TPSA) is 26.0 Å². The molecule has 0 aliphatic carbocycles. The van der Waals surface area contributed by atoms with Crippen LogP contribution < -0.4 is 0 Å². The molecular weight excluding hydrogens is 210 g/mol. The first kappa shape index (κ1) is 8.74. The van der Waals surface area contributed by atoms with E-state index in [-0.39, 0.29) is 0 Å². The highest BCUT2D eigenvalue weighted by molar-refractivity contribution is 6.17. The van der Waals surface area contributed by atoms with Crippen LogP contribution in [0.25, 0.3) is 21.9 Å². The third kappa shape index (κ3) is 1.29. The lowest BCUT2D eigenvalue weighted by Crippen LogP contribution is -1.77. The van der Waals surface area contributed by atoms with E-state index in [1.54, 1.807) is 0 Å². The van der Waals surface area contributed by atoms with Gasteiger partial charge in [0.05, 0.1) is 11.4 Å². The molecule has 0 amide bonds. The Kier molecular flexibility index (Phi) is 1.89.